The molecular weight excluding hydrogens is 240 g/mol. The number of amides is 2. The number of rotatable bonds is 3. The van der Waals surface area contributed by atoms with Crippen molar-refractivity contribution in [2.45, 2.75) is 32.2 Å². The van der Waals surface area contributed by atoms with Crippen molar-refractivity contribution in [3.63, 3.8) is 0 Å². The van der Waals surface area contributed by atoms with Gasteiger partial charge in [0.2, 0.25) is 11.8 Å². The number of hydrogen-bond donors (Lipinski definition) is 1. The number of benzene rings is 1. The second-order valence-electron chi connectivity index (χ2n) is 5.52. The Balaban J connectivity index is 1.65. The molecule has 0 unspecified atom stereocenters. The van der Waals surface area contributed by atoms with Crippen LogP contribution in [-0.4, -0.2) is 24.4 Å². The molecule has 1 N–H and O–H groups in total. The molecule has 1 heterocycles. The summed E-state index contributed by atoms with van der Waals surface area (Å²) in [5.74, 6) is 0.400. The van der Waals surface area contributed by atoms with Crippen LogP contribution in [0.2, 0.25) is 0 Å². The van der Waals surface area contributed by atoms with Gasteiger partial charge in [-0.1, -0.05) is 17.7 Å². The topological polar surface area (TPSA) is 49.4 Å². The minimum Gasteiger partial charge on any atom is -0.351 e. The van der Waals surface area contributed by atoms with Gasteiger partial charge < -0.3 is 10.2 Å². The molecule has 0 bridgehead atoms. The van der Waals surface area contributed by atoms with E-state index in [1.807, 2.05) is 31.2 Å². The fourth-order valence-corrected chi connectivity index (χ4v) is 2.44. The number of nitrogens with one attached hydrogen (secondary N) is 1. The summed E-state index contributed by atoms with van der Waals surface area (Å²) >= 11 is 0. The van der Waals surface area contributed by atoms with Crippen LogP contribution in [0.25, 0.3) is 0 Å². The quantitative estimate of drug-likeness (QED) is 0.895. The summed E-state index contributed by atoms with van der Waals surface area (Å²) in [5, 5.41) is 2.98. The van der Waals surface area contributed by atoms with Crippen molar-refractivity contribution in [1.29, 1.82) is 0 Å². The lowest BCUT2D eigenvalue weighted by Gasteiger charge is -2.17. The number of carbonyl (C=O) groups excluding carboxylic acids is 2. The fourth-order valence-electron chi connectivity index (χ4n) is 2.44. The Hall–Kier alpha value is -1.84. The second-order valence-corrected chi connectivity index (χ2v) is 5.52. The lowest BCUT2D eigenvalue weighted by atomic mass is 10.2. The number of aryl methyl sites for hydroxylation is 1. The molecule has 1 aromatic carbocycles. The molecule has 0 spiro atoms. The number of anilines is 1. The van der Waals surface area contributed by atoms with Crippen LogP contribution in [-0.2, 0) is 9.59 Å². The summed E-state index contributed by atoms with van der Waals surface area (Å²) in [6, 6.07) is 7.87. The van der Waals surface area contributed by atoms with E-state index in [4.69, 9.17) is 0 Å². The maximum atomic E-state index is 12.0. The third-order valence-corrected chi connectivity index (χ3v) is 3.77. The predicted molar refractivity (Wildman–Crippen MR) is 72.8 cm³/mol. The average molecular weight is 258 g/mol. The van der Waals surface area contributed by atoms with Crippen LogP contribution < -0.4 is 10.2 Å². The van der Waals surface area contributed by atoms with Crippen LogP contribution in [0.15, 0.2) is 24.3 Å². The van der Waals surface area contributed by atoms with Gasteiger partial charge in [-0.3, -0.25) is 9.59 Å². The SMILES string of the molecule is Cc1ccc(N2C[C@H](NC(=O)C3CC3)CC2=O)cc1. The van der Waals surface area contributed by atoms with Crippen molar-refractivity contribution in [2.24, 2.45) is 5.92 Å². The lowest BCUT2D eigenvalue weighted by Crippen LogP contribution is -2.37. The first-order valence-electron chi connectivity index (χ1n) is 6.81. The van der Waals surface area contributed by atoms with Gasteiger partial charge >= 0.3 is 0 Å². The molecule has 19 heavy (non-hydrogen) atoms. The van der Waals surface area contributed by atoms with Crippen LogP contribution in [0.5, 0.6) is 0 Å². The van der Waals surface area contributed by atoms with Crippen molar-refractivity contribution in [1.82, 2.24) is 5.32 Å². The predicted octanol–water partition coefficient (Wildman–Crippen LogP) is 1.63. The molecule has 1 aliphatic heterocycles. The van der Waals surface area contributed by atoms with Gasteiger partial charge in [0.15, 0.2) is 0 Å². The van der Waals surface area contributed by atoms with Crippen molar-refractivity contribution in [2.75, 3.05) is 11.4 Å². The zero-order valence-electron chi connectivity index (χ0n) is 11.1. The third kappa shape index (κ3) is 2.62. The zero-order valence-corrected chi connectivity index (χ0v) is 11.1. The molecule has 100 valence electrons. The zero-order chi connectivity index (χ0) is 13.4. The molecule has 2 aliphatic rings. The highest BCUT2D eigenvalue weighted by Gasteiger charge is 2.35. The van der Waals surface area contributed by atoms with E-state index < -0.39 is 0 Å². The summed E-state index contributed by atoms with van der Waals surface area (Å²) in [7, 11) is 0. The summed E-state index contributed by atoms with van der Waals surface area (Å²) in [6.45, 7) is 2.61. The monoisotopic (exact) mass is 258 g/mol. The van der Waals surface area contributed by atoms with Crippen molar-refractivity contribution in [3.8, 4) is 0 Å². The molecule has 1 saturated carbocycles. The third-order valence-electron chi connectivity index (χ3n) is 3.77. The summed E-state index contributed by atoms with van der Waals surface area (Å²) < 4.78 is 0. The Morgan fingerprint density at radius 3 is 2.58 bits per heavy atom. The van der Waals surface area contributed by atoms with Crippen LogP contribution in [0.1, 0.15) is 24.8 Å². The van der Waals surface area contributed by atoms with Gasteiger partial charge in [0.05, 0.1) is 6.04 Å². The molecule has 4 nitrogen and oxygen atoms in total. The second kappa shape index (κ2) is 4.68. The van der Waals surface area contributed by atoms with E-state index in [9.17, 15) is 9.59 Å². The minimum absolute atomic E-state index is 0.0399. The van der Waals surface area contributed by atoms with Gasteiger partial charge in [0.1, 0.15) is 0 Å². The van der Waals surface area contributed by atoms with Crippen LogP contribution >= 0.6 is 0 Å². The normalized spacial score (nSPS) is 22.7. The molecule has 0 aromatic heterocycles. The van der Waals surface area contributed by atoms with E-state index in [2.05, 4.69) is 5.32 Å². The van der Waals surface area contributed by atoms with E-state index in [1.165, 1.54) is 5.56 Å². The van der Waals surface area contributed by atoms with Gasteiger partial charge in [0, 0.05) is 24.6 Å². The first-order valence-corrected chi connectivity index (χ1v) is 6.81. The van der Waals surface area contributed by atoms with Gasteiger partial charge in [-0.05, 0) is 31.9 Å². The highest BCUT2D eigenvalue weighted by molar-refractivity contribution is 5.97. The number of nitrogens with zero attached hydrogens (tertiary/aromatic N) is 1. The summed E-state index contributed by atoms with van der Waals surface area (Å²) in [6.07, 6.45) is 2.40. The lowest BCUT2D eigenvalue weighted by molar-refractivity contribution is -0.122. The molecule has 1 saturated heterocycles. The Morgan fingerprint density at radius 1 is 1.26 bits per heavy atom. The minimum atomic E-state index is -0.0399. The van der Waals surface area contributed by atoms with Crippen LogP contribution in [0.3, 0.4) is 0 Å². The van der Waals surface area contributed by atoms with E-state index >= 15 is 0 Å². The van der Waals surface area contributed by atoms with Crippen LogP contribution in [0.4, 0.5) is 5.69 Å². The highest BCUT2D eigenvalue weighted by Crippen LogP contribution is 2.29. The van der Waals surface area contributed by atoms with E-state index in [0.29, 0.717) is 13.0 Å². The largest absolute Gasteiger partial charge is 0.351 e. The molecular formula is C15H18N2O2. The average Bonchev–Trinajstić information content (AvgIpc) is 3.16. The highest BCUT2D eigenvalue weighted by atomic mass is 16.2. The first-order chi connectivity index (χ1) is 9.13. The standard InChI is InChI=1S/C15H18N2O2/c1-10-2-6-13(7-3-10)17-9-12(8-14(17)18)16-15(19)11-4-5-11/h2-3,6-7,11-12H,4-5,8-9H2,1H3,(H,16,19)/t12-/m1/s1. The van der Waals surface area contributed by atoms with Crippen molar-refractivity contribution >= 4 is 17.5 Å². The Labute approximate surface area is 112 Å². The van der Waals surface area contributed by atoms with Gasteiger partial charge in [-0.2, -0.15) is 0 Å². The van der Waals surface area contributed by atoms with Crippen molar-refractivity contribution < 1.29 is 9.59 Å². The maximum absolute atomic E-state index is 12.0. The van der Waals surface area contributed by atoms with Gasteiger partial charge in [-0.15, -0.1) is 0 Å². The Morgan fingerprint density at radius 2 is 1.95 bits per heavy atom. The molecule has 2 amide bonds. The smallest absolute Gasteiger partial charge is 0.229 e. The van der Waals surface area contributed by atoms with E-state index in [0.717, 1.165) is 18.5 Å². The van der Waals surface area contributed by atoms with Crippen LogP contribution in [0, 0.1) is 12.8 Å². The molecule has 1 atom stereocenters. The summed E-state index contributed by atoms with van der Waals surface area (Å²) in [5.41, 5.74) is 2.09. The number of carbonyl (C=O) groups is 2. The number of hydrogen-bond acceptors (Lipinski definition) is 2. The molecule has 4 heteroatoms. The molecule has 2 fully saturated rings. The molecule has 1 aliphatic carbocycles. The fraction of sp³-hybridized carbons (Fsp3) is 0.467. The Bertz CT molecular complexity index is 505. The van der Waals surface area contributed by atoms with Gasteiger partial charge in [-0.25, -0.2) is 0 Å². The maximum Gasteiger partial charge on any atom is 0.229 e. The summed E-state index contributed by atoms with van der Waals surface area (Å²) in [4.78, 5) is 25.5. The first kappa shape index (κ1) is 12.2. The van der Waals surface area contributed by atoms with E-state index in [-0.39, 0.29) is 23.8 Å². The van der Waals surface area contributed by atoms with E-state index in [1.54, 1.807) is 4.90 Å². The molecule has 1 aromatic rings. The molecule has 3 rings (SSSR count). The van der Waals surface area contributed by atoms with Gasteiger partial charge in [0.25, 0.3) is 0 Å². The Kier molecular flexibility index (Phi) is 3.01. The van der Waals surface area contributed by atoms with Crippen molar-refractivity contribution in [3.05, 3.63) is 29.8 Å². The molecule has 0 radical (unpaired) electrons.